The number of esters is 1. The van der Waals surface area contributed by atoms with Crippen molar-refractivity contribution in [2.75, 3.05) is 25.9 Å². The quantitative estimate of drug-likeness (QED) is 0.644. The molecular weight excluding hydrogens is 232 g/mol. The normalized spacial score (nSPS) is 9.94. The zero-order valence-corrected chi connectivity index (χ0v) is 10.9. The molecule has 0 aromatic heterocycles. The van der Waals surface area contributed by atoms with Gasteiger partial charge in [-0.1, -0.05) is 6.07 Å². The number of methoxy groups -OCH3 is 1. The summed E-state index contributed by atoms with van der Waals surface area (Å²) in [7, 11) is 1.30. The van der Waals surface area contributed by atoms with Crippen molar-refractivity contribution >= 4 is 17.6 Å². The lowest BCUT2D eigenvalue weighted by Crippen LogP contribution is -2.36. The maximum absolute atomic E-state index is 12.3. The second-order valence-corrected chi connectivity index (χ2v) is 3.97. The van der Waals surface area contributed by atoms with Gasteiger partial charge in [0.2, 0.25) is 0 Å². The Hall–Kier alpha value is -2.04. The number of nitrogen functional groups attached to an aromatic ring is 1. The van der Waals surface area contributed by atoms with Crippen LogP contribution in [-0.2, 0) is 9.53 Å². The number of hydrogen-bond acceptors (Lipinski definition) is 4. The summed E-state index contributed by atoms with van der Waals surface area (Å²) in [5, 5.41) is 0. The molecule has 0 saturated carbocycles. The van der Waals surface area contributed by atoms with Crippen molar-refractivity contribution in [1.82, 2.24) is 4.90 Å². The number of carbonyl (C=O) groups excluding carboxylic acids is 2. The van der Waals surface area contributed by atoms with Gasteiger partial charge in [0.15, 0.2) is 0 Å². The molecule has 0 saturated heterocycles. The molecule has 0 bridgehead atoms. The number of ether oxygens (including phenoxy) is 1. The Morgan fingerprint density at radius 2 is 2.06 bits per heavy atom. The first kappa shape index (κ1) is 14.0. The van der Waals surface area contributed by atoms with Gasteiger partial charge in [-0.05, 0) is 31.5 Å². The lowest BCUT2D eigenvalue weighted by Gasteiger charge is -2.20. The third kappa shape index (κ3) is 3.23. The Labute approximate surface area is 107 Å². The molecule has 0 fully saturated rings. The van der Waals surface area contributed by atoms with Crippen LogP contribution in [0.4, 0.5) is 5.69 Å². The van der Waals surface area contributed by atoms with Gasteiger partial charge in [0.05, 0.1) is 7.11 Å². The minimum absolute atomic E-state index is 0.0555. The van der Waals surface area contributed by atoms with Crippen LogP contribution in [0.15, 0.2) is 18.2 Å². The Kier molecular flexibility index (Phi) is 4.71. The molecule has 0 aliphatic heterocycles. The van der Waals surface area contributed by atoms with Gasteiger partial charge in [0, 0.05) is 17.8 Å². The number of likely N-dealkylation sites (N-methyl/N-ethyl adjacent to an activating group) is 1. The Bertz CT molecular complexity index is 458. The smallest absolute Gasteiger partial charge is 0.325 e. The van der Waals surface area contributed by atoms with Crippen molar-refractivity contribution in [3.05, 3.63) is 29.3 Å². The molecule has 2 N–H and O–H groups in total. The standard InChI is InChI=1S/C13H18N2O3/c1-4-15(8-12(16)18-3)13(17)11-7-10(14)6-5-9(11)2/h5-7H,4,8,14H2,1-3H3. The number of anilines is 1. The Morgan fingerprint density at radius 3 is 2.61 bits per heavy atom. The van der Waals surface area contributed by atoms with Crippen LogP contribution in [0.3, 0.4) is 0 Å². The van der Waals surface area contributed by atoms with E-state index in [1.807, 2.05) is 13.8 Å². The zero-order valence-electron chi connectivity index (χ0n) is 10.9. The van der Waals surface area contributed by atoms with Crippen LogP contribution in [0.1, 0.15) is 22.8 Å². The van der Waals surface area contributed by atoms with Crippen molar-refractivity contribution < 1.29 is 14.3 Å². The van der Waals surface area contributed by atoms with E-state index in [0.717, 1.165) is 5.56 Å². The third-order valence-corrected chi connectivity index (χ3v) is 2.71. The van der Waals surface area contributed by atoms with Crippen molar-refractivity contribution in [1.29, 1.82) is 0 Å². The highest BCUT2D eigenvalue weighted by molar-refractivity contribution is 5.98. The molecule has 0 aliphatic carbocycles. The number of carbonyl (C=O) groups is 2. The molecule has 0 heterocycles. The van der Waals surface area contributed by atoms with Crippen LogP contribution in [-0.4, -0.2) is 37.0 Å². The van der Waals surface area contributed by atoms with Gasteiger partial charge in [-0.15, -0.1) is 0 Å². The predicted molar refractivity (Wildman–Crippen MR) is 69.2 cm³/mol. The Morgan fingerprint density at radius 1 is 1.39 bits per heavy atom. The first-order valence-electron chi connectivity index (χ1n) is 5.71. The summed E-state index contributed by atoms with van der Waals surface area (Å²) >= 11 is 0. The summed E-state index contributed by atoms with van der Waals surface area (Å²) in [6, 6.07) is 5.15. The molecule has 18 heavy (non-hydrogen) atoms. The van der Waals surface area contributed by atoms with Crippen LogP contribution in [0.5, 0.6) is 0 Å². The molecule has 0 aliphatic rings. The van der Waals surface area contributed by atoms with Crippen molar-refractivity contribution in [3.63, 3.8) is 0 Å². The Balaban J connectivity index is 2.96. The van der Waals surface area contributed by atoms with Gasteiger partial charge in [0.25, 0.3) is 5.91 Å². The van der Waals surface area contributed by atoms with E-state index in [1.165, 1.54) is 12.0 Å². The summed E-state index contributed by atoms with van der Waals surface area (Å²) < 4.78 is 4.57. The van der Waals surface area contributed by atoms with E-state index in [4.69, 9.17) is 5.73 Å². The number of hydrogen-bond donors (Lipinski definition) is 1. The second kappa shape index (κ2) is 6.05. The van der Waals surface area contributed by atoms with E-state index in [9.17, 15) is 9.59 Å². The van der Waals surface area contributed by atoms with E-state index < -0.39 is 5.97 Å². The van der Waals surface area contributed by atoms with E-state index in [2.05, 4.69) is 4.74 Å². The molecule has 1 rings (SSSR count). The zero-order chi connectivity index (χ0) is 13.7. The van der Waals surface area contributed by atoms with Gasteiger partial charge in [-0.25, -0.2) is 0 Å². The molecule has 0 spiro atoms. The van der Waals surface area contributed by atoms with E-state index in [1.54, 1.807) is 18.2 Å². The van der Waals surface area contributed by atoms with E-state index in [-0.39, 0.29) is 12.5 Å². The minimum Gasteiger partial charge on any atom is -0.468 e. The number of amides is 1. The van der Waals surface area contributed by atoms with Crippen LogP contribution in [0, 0.1) is 6.92 Å². The summed E-state index contributed by atoms with van der Waals surface area (Å²) in [5.41, 5.74) is 7.54. The fourth-order valence-corrected chi connectivity index (χ4v) is 1.59. The maximum Gasteiger partial charge on any atom is 0.325 e. The number of nitrogens with zero attached hydrogens (tertiary/aromatic N) is 1. The van der Waals surface area contributed by atoms with Crippen molar-refractivity contribution in [2.45, 2.75) is 13.8 Å². The van der Waals surface area contributed by atoms with E-state index in [0.29, 0.717) is 17.8 Å². The first-order chi connectivity index (χ1) is 8.49. The van der Waals surface area contributed by atoms with Gasteiger partial charge in [-0.2, -0.15) is 0 Å². The third-order valence-electron chi connectivity index (χ3n) is 2.71. The lowest BCUT2D eigenvalue weighted by atomic mass is 10.1. The molecule has 1 aromatic rings. The highest BCUT2D eigenvalue weighted by Gasteiger charge is 2.19. The van der Waals surface area contributed by atoms with Crippen molar-refractivity contribution in [3.8, 4) is 0 Å². The summed E-state index contributed by atoms with van der Waals surface area (Å²) in [6.07, 6.45) is 0. The lowest BCUT2D eigenvalue weighted by molar-refractivity contribution is -0.141. The number of benzene rings is 1. The monoisotopic (exact) mass is 250 g/mol. The average molecular weight is 250 g/mol. The van der Waals surface area contributed by atoms with Gasteiger partial charge in [-0.3, -0.25) is 9.59 Å². The van der Waals surface area contributed by atoms with Crippen LogP contribution < -0.4 is 5.73 Å². The predicted octanol–water partition coefficient (Wildman–Crippen LogP) is 1.21. The summed E-state index contributed by atoms with van der Waals surface area (Å²) in [4.78, 5) is 24.9. The fourth-order valence-electron chi connectivity index (χ4n) is 1.59. The fraction of sp³-hybridized carbons (Fsp3) is 0.385. The molecule has 5 heteroatoms. The molecule has 0 radical (unpaired) electrons. The highest BCUT2D eigenvalue weighted by Crippen LogP contribution is 2.15. The highest BCUT2D eigenvalue weighted by atomic mass is 16.5. The molecule has 0 unspecified atom stereocenters. The topological polar surface area (TPSA) is 72.6 Å². The maximum atomic E-state index is 12.3. The molecule has 5 nitrogen and oxygen atoms in total. The summed E-state index contributed by atoms with van der Waals surface area (Å²) in [5.74, 6) is -0.653. The van der Waals surface area contributed by atoms with Gasteiger partial charge >= 0.3 is 5.97 Å². The van der Waals surface area contributed by atoms with Gasteiger partial charge in [0.1, 0.15) is 6.54 Å². The summed E-state index contributed by atoms with van der Waals surface area (Å²) in [6.45, 7) is 4.02. The molecule has 1 amide bonds. The molecular formula is C13H18N2O3. The number of nitrogens with two attached hydrogens (primary N) is 1. The molecule has 98 valence electrons. The van der Waals surface area contributed by atoms with Crippen molar-refractivity contribution in [2.24, 2.45) is 0 Å². The van der Waals surface area contributed by atoms with Crippen LogP contribution in [0.25, 0.3) is 0 Å². The first-order valence-corrected chi connectivity index (χ1v) is 5.71. The minimum atomic E-state index is -0.438. The largest absolute Gasteiger partial charge is 0.468 e. The number of aryl methyl sites for hydroxylation is 1. The van der Waals surface area contributed by atoms with Crippen LogP contribution in [0.2, 0.25) is 0 Å². The SMILES string of the molecule is CCN(CC(=O)OC)C(=O)c1cc(N)ccc1C. The molecule has 0 atom stereocenters. The van der Waals surface area contributed by atoms with E-state index >= 15 is 0 Å². The molecule has 1 aromatic carbocycles. The average Bonchev–Trinajstić information content (AvgIpc) is 2.37. The second-order valence-electron chi connectivity index (χ2n) is 3.97. The number of rotatable bonds is 4. The van der Waals surface area contributed by atoms with Crippen LogP contribution >= 0.6 is 0 Å². The van der Waals surface area contributed by atoms with Gasteiger partial charge < -0.3 is 15.4 Å².